The lowest BCUT2D eigenvalue weighted by atomic mass is 9.99. The molecule has 38 heavy (non-hydrogen) atoms. The third-order valence-corrected chi connectivity index (χ3v) is 8.47. The molecule has 2 aromatic carbocycles. The van der Waals surface area contributed by atoms with Crippen molar-refractivity contribution in [1.29, 1.82) is 5.26 Å². The van der Waals surface area contributed by atoms with Gasteiger partial charge in [0.25, 0.3) is 0 Å². The molecule has 1 saturated heterocycles. The number of hydrogen-bond donors (Lipinski definition) is 1. The van der Waals surface area contributed by atoms with Crippen molar-refractivity contribution >= 4 is 44.0 Å². The van der Waals surface area contributed by atoms with Gasteiger partial charge in [0, 0.05) is 13.1 Å². The molecule has 1 unspecified atom stereocenters. The van der Waals surface area contributed by atoms with E-state index in [0.29, 0.717) is 22.6 Å². The Labute approximate surface area is 226 Å². The number of benzene rings is 2. The van der Waals surface area contributed by atoms with Crippen molar-refractivity contribution in [3.05, 3.63) is 58.3 Å². The Balaban J connectivity index is 1.61. The molecule has 2 atom stereocenters. The average Bonchev–Trinajstić information content (AvgIpc) is 3.47. The molecule has 4 rings (SSSR count). The van der Waals surface area contributed by atoms with E-state index in [1.54, 1.807) is 49.9 Å². The minimum atomic E-state index is -4.21. The third kappa shape index (κ3) is 6.15. The fourth-order valence-corrected chi connectivity index (χ4v) is 6.31. The zero-order chi connectivity index (χ0) is 27.7. The van der Waals surface area contributed by atoms with Gasteiger partial charge >= 0.3 is 5.97 Å². The lowest BCUT2D eigenvalue weighted by Gasteiger charge is -2.27. The molecule has 1 fully saturated rings. The predicted octanol–water partition coefficient (Wildman–Crippen LogP) is 3.82. The first kappa shape index (κ1) is 27.6. The number of rotatable bonds is 8. The van der Waals surface area contributed by atoms with E-state index in [1.165, 1.54) is 30.6 Å². The first-order chi connectivity index (χ1) is 17.9. The van der Waals surface area contributed by atoms with E-state index in [2.05, 4.69) is 10.8 Å². The number of esters is 1. The van der Waals surface area contributed by atoms with Crippen molar-refractivity contribution in [2.45, 2.75) is 50.3 Å². The molecular weight excluding hydrogens is 526 g/mol. The second kappa shape index (κ2) is 10.7. The van der Waals surface area contributed by atoms with Gasteiger partial charge in [-0.25, -0.2) is 8.42 Å². The third-order valence-electron chi connectivity index (χ3n) is 6.15. The molecule has 0 aliphatic carbocycles. The molecular formula is C27H29N3O6S2. The summed E-state index contributed by atoms with van der Waals surface area (Å²) in [5, 5.41) is 12.4. The number of thiophene rings is 1. The smallest absolute Gasteiger partial charge is 0.325 e. The standard InChI is InChI=1S/C27H29N3O6S2/c1-27(2,3)36-26(32)24(23-9-10-30(25(23)31)15-17-11-21(14-28)37-16-17)29-38(33,34)22-8-6-18-5-7-20(35-4)12-19(18)13-22/h5-8,11-13,16,23-24,29H,9-10,15H2,1-4H3/t23-,24?/m0/s1. The first-order valence-corrected chi connectivity index (χ1v) is 14.4. The molecule has 0 bridgehead atoms. The SMILES string of the molecule is COc1ccc2ccc(S(=O)(=O)NC(C(=O)OC(C)(C)C)[C@@H]3CCN(Cc4csc(C#N)c4)C3=O)cc2c1. The lowest BCUT2D eigenvalue weighted by molar-refractivity contribution is -0.160. The van der Waals surface area contributed by atoms with Crippen LogP contribution >= 0.6 is 11.3 Å². The van der Waals surface area contributed by atoms with Crippen LogP contribution in [-0.4, -0.2) is 50.5 Å². The second-order valence-corrected chi connectivity index (χ2v) is 12.7. The molecule has 0 saturated carbocycles. The van der Waals surface area contributed by atoms with E-state index in [-0.39, 0.29) is 23.8 Å². The van der Waals surface area contributed by atoms with Crippen LogP contribution in [0.2, 0.25) is 0 Å². The number of nitrogens with one attached hydrogen (secondary N) is 1. The average molecular weight is 556 g/mol. The zero-order valence-electron chi connectivity index (χ0n) is 21.6. The number of nitriles is 1. The fraction of sp³-hybridized carbons (Fsp3) is 0.370. The molecule has 1 aromatic heterocycles. The number of carbonyl (C=O) groups is 2. The second-order valence-electron chi connectivity index (χ2n) is 10.1. The highest BCUT2D eigenvalue weighted by molar-refractivity contribution is 7.89. The van der Waals surface area contributed by atoms with E-state index in [1.807, 2.05) is 11.4 Å². The molecule has 200 valence electrons. The largest absolute Gasteiger partial charge is 0.497 e. The topological polar surface area (TPSA) is 126 Å². The van der Waals surface area contributed by atoms with E-state index in [0.717, 1.165) is 10.9 Å². The fourth-order valence-electron chi connectivity index (χ4n) is 4.36. The van der Waals surface area contributed by atoms with Crippen LogP contribution in [0, 0.1) is 17.2 Å². The van der Waals surface area contributed by atoms with Crippen LogP contribution in [0.5, 0.6) is 5.75 Å². The Morgan fingerprint density at radius 2 is 1.95 bits per heavy atom. The lowest BCUT2D eigenvalue weighted by Crippen LogP contribution is -2.50. The minimum absolute atomic E-state index is 0.0450. The Morgan fingerprint density at radius 1 is 1.21 bits per heavy atom. The molecule has 1 aliphatic rings. The molecule has 2 heterocycles. The number of nitrogens with zero attached hydrogens (tertiary/aromatic N) is 2. The van der Waals surface area contributed by atoms with Crippen molar-refractivity contribution in [3.8, 4) is 11.8 Å². The summed E-state index contributed by atoms with van der Waals surface area (Å²) in [5.41, 5.74) is -0.0760. The summed E-state index contributed by atoms with van der Waals surface area (Å²) in [5.74, 6) is -1.52. The Morgan fingerprint density at radius 3 is 2.61 bits per heavy atom. The van der Waals surface area contributed by atoms with Gasteiger partial charge in [0.05, 0.1) is 17.9 Å². The normalized spacial score (nSPS) is 16.9. The number of sulfonamides is 1. The Kier molecular flexibility index (Phi) is 7.78. The number of ether oxygens (including phenoxy) is 2. The van der Waals surface area contributed by atoms with Gasteiger partial charge in [-0.3, -0.25) is 9.59 Å². The molecule has 1 aliphatic heterocycles. The van der Waals surface area contributed by atoms with Gasteiger partial charge in [-0.15, -0.1) is 11.3 Å². The highest BCUT2D eigenvalue weighted by Gasteiger charge is 2.44. The van der Waals surface area contributed by atoms with Crippen molar-refractivity contribution in [1.82, 2.24) is 9.62 Å². The number of amides is 1. The highest BCUT2D eigenvalue weighted by Crippen LogP contribution is 2.29. The molecule has 3 aromatic rings. The molecule has 9 nitrogen and oxygen atoms in total. The quantitative estimate of drug-likeness (QED) is 0.419. The predicted molar refractivity (Wildman–Crippen MR) is 143 cm³/mol. The highest BCUT2D eigenvalue weighted by atomic mass is 32.2. The number of carbonyl (C=O) groups excluding carboxylic acids is 2. The van der Waals surface area contributed by atoms with Crippen LogP contribution in [0.15, 0.2) is 52.7 Å². The van der Waals surface area contributed by atoms with Crippen LogP contribution in [-0.2, 0) is 30.9 Å². The van der Waals surface area contributed by atoms with Gasteiger partial charge in [0.2, 0.25) is 15.9 Å². The molecule has 11 heteroatoms. The Bertz CT molecular complexity index is 1520. The van der Waals surface area contributed by atoms with Crippen molar-refractivity contribution in [2.24, 2.45) is 5.92 Å². The maximum Gasteiger partial charge on any atom is 0.325 e. The van der Waals surface area contributed by atoms with Crippen LogP contribution in [0.4, 0.5) is 0 Å². The Hall–Kier alpha value is -3.46. The number of methoxy groups -OCH3 is 1. The summed E-state index contributed by atoms with van der Waals surface area (Å²) in [6.07, 6.45) is 0.273. The van der Waals surface area contributed by atoms with Crippen LogP contribution in [0.25, 0.3) is 10.8 Å². The zero-order valence-corrected chi connectivity index (χ0v) is 23.2. The first-order valence-electron chi connectivity index (χ1n) is 12.0. The maximum absolute atomic E-state index is 13.5. The molecule has 1 amide bonds. The summed E-state index contributed by atoms with van der Waals surface area (Å²) in [6.45, 7) is 5.66. The van der Waals surface area contributed by atoms with Gasteiger partial charge in [-0.2, -0.15) is 9.98 Å². The number of hydrogen-bond acceptors (Lipinski definition) is 8. The van der Waals surface area contributed by atoms with Crippen molar-refractivity contribution in [2.75, 3.05) is 13.7 Å². The maximum atomic E-state index is 13.5. The van der Waals surface area contributed by atoms with Gasteiger partial charge in [-0.05, 0) is 79.2 Å². The molecule has 0 spiro atoms. The van der Waals surface area contributed by atoms with E-state index < -0.39 is 33.6 Å². The van der Waals surface area contributed by atoms with Gasteiger partial charge < -0.3 is 14.4 Å². The minimum Gasteiger partial charge on any atom is -0.497 e. The van der Waals surface area contributed by atoms with Gasteiger partial charge in [0.1, 0.15) is 28.3 Å². The molecule has 0 radical (unpaired) electrons. The number of likely N-dealkylation sites (tertiary alicyclic amines) is 1. The summed E-state index contributed by atoms with van der Waals surface area (Å²) in [4.78, 5) is 28.7. The van der Waals surface area contributed by atoms with Crippen molar-refractivity contribution in [3.63, 3.8) is 0 Å². The van der Waals surface area contributed by atoms with Crippen molar-refractivity contribution < 1.29 is 27.5 Å². The summed E-state index contributed by atoms with van der Waals surface area (Å²) in [7, 11) is -2.68. The van der Waals surface area contributed by atoms with Crippen LogP contribution in [0.1, 0.15) is 37.6 Å². The van der Waals surface area contributed by atoms with E-state index in [4.69, 9.17) is 14.7 Å². The molecule has 1 N–H and O–H groups in total. The summed E-state index contributed by atoms with van der Waals surface area (Å²) < 4.78 is 40.2. The van der Waals surface area contributed by atoms with E-state index in [9.17, 15) is 18.0 Å². The summed E-state index contributed by atoms with van der Waals surface area (Å²) >= 11 is 1.29. The van der Waals surface area contributed by atoms with Gasteiger partial charge in [-0.1, -0.05) is 12.1 Å². The van der Waals surface area contributed by atoms with Gasteiger partial charge in [0.15, 0.2) is 0 Å². The van der Waals surface area contributed by atoms with E-state index >= 15 is 0 Å². The van der Waals surface area contributed by atoms with Crippen LogP contribution in [0.3, 0.4) is 0 Å². The monoisotopic (exact) mass is 555 g/mol. The summed E-state index contributed by atoms with van der Waals surface area (Å²) in [6, 6.07) is 12.3. The van der Waals surface area contributed by atoms with Crippen LogP contribution < -0.4 is 9.46 Å². The number of fused-ring (bicyclic) bond motifs is 1.